The number of nitrogens with zero attached hydrogens (tertiary/aromatic N) is 2. The van der Waals surface area contributed by atoms with E-state index >= 15 is 0 Å². The predicted molar refractivity (Wildman–Crippen MR) is 152 cm³/mol. The molecule has 5 rings (SSSR count). The molecule has 7 nitrogen and oxygen atoms in total. The van der Waals surface area contributed by atoms with Crippen LogP contribution in [0.4, 0.5) is 18.9 Å². The molecular formula is C29H24ClF3N2O5S. The molecule has 0 unspecified atom stereocenters. The third-order valence-corrected chi connectivity index (χ3v) is 8.69. The Morgan fingerprint density at radius 3 is 2.59 bits per heavy atom. The number of likely N-dealkylation sites (N-methyl/N-ethyl adjacent to an activating group) is 1. The van der Waals surface area contributed by atoms with Crippen molar-refractivity contribution in [3.05, 3.63) is 99.7 Å². The van der Waals surface area contributed by atoms with Crippen LogP contribution in [0.3, 0.4) is 0 Å². The van der Waals surface area contributed by atoms with E-state index in [0.29, 0.717) is 12.2 Å². The summed E-state index contributed by atoms with van der Waals surface area (Å²) >= 11 is 6.10. The first-order valence-electron chi connectivity index (χ1n) is 12.4. The van der Waals surface area contributed by atoms with Gasteiger partial charge in [0, 0.05) is 24.5 Å². The molecule has 1 aliphatic rings. The highest BCUT2D eigenvalue weighted by Gasteiger charge is 2.31. The molecule has 0 saturated heterocycles. The van der Waals surface area contributed by atoms with Crippen molar-refractivity contribution in [2.75, 3.05) is 30.9 Å². The van der Waals surface area contributed by atoms with Gasteiger partial charge >= 0.3 is 12.1 Å². The number of benzene rings is 3. The number of anilines is 1. The summed E-state index contributed by atoms with van der Waals surface area (Å²) in [7, 11) is -2.15. The molecule has 0 radical (unpaired) electrons. The van der Waals surface area contributed by atoms with Gasteiger partial charge in [-0.2, -0.15) is 13.2 Å². The number of hydrogen-bond donors (Lipinski definition) is 1. The Morgan fingerprint density at radius 1 is 1.10 bits per heavy atom. The normalized spacial score (nSPS) is 13.9. The van der Waals surface area contributed by atoms with E-state index in [1.165, 1.54) is 30.3 Å². The number of carbonyl (C=O) groups is 1. The Balaban J connectivity index is 1.51. The summed E-state index contributed by atoms with van der Waals surface area (Å²) in [6.07, 6.45) is -1.47. The summed E-state index contributed by atoms with van der Waals surface area (Å²) in [4.78, 5) is 13.4. The molecule has 41 heavy (non-hydrogen) atoms. The number of ether oxygens (including phenoxy) is 1. The van der Waals surface area contributed by atoms with Crippen molar-refractivity contribution in [2.24, 2.45) is 0 Å². The Labute approximate surface area is 239 Å². The van der Waals surface area contributed by atoms with E-state index in [9.17, 15) is 31.5 Å². The number of hydrogen-bond acceptors (Lipinski definition) is 5. The van der Waals surface area contributed by atoms with Crippen LogP contribution in [0, 0.1) is 0 Å². The van der Waals surface area contributed by atoms with E-state index < -0.39 is 33.5 Å². The number of carboxylic acids is 1. The fraction of sp³-hybridized carbons (Fsp3) is 0.207. The average Bonchev–Trinajstić information content (AvgIpc) is 3.26. The van der Waals surface area contributed by atoms with E-state index in [1.54, 1.807) is 12.1 Å². The third-order valence-electron chi connectivity index (χ3n) is 6.78. The Kier molecular flexibility index (Phi) is 7.52. The van der Waals surface area contributed by atoms with Crippen molar-refractivity contribution in [2.45, 2.75) is 12.6 Å². The molecule has 214 valence electrons. The highest BCUT2D eigenvalue weighted by atomic mass is 35.5. The molecule has 1 aliphatic heterocycles. The molecule has 0 amide bonds. The maximum atomic E-state index is 13.6. The first-order chi connectivity index (χ1) is 19.3. The van der Waals surface area contributed by atoms with Crippen LogP contribution < -0.4 is 9.64 Å². The average molecular weight is 605 g/mol. The fourth-order valence-electron chi connectivity index (χ4n) is 4.78. The Bertz CT molecular complexity index is 1800. The van der Waals surface area contributed by atoms with Gasteiger partial charge in [-0.05, 0) is 59.7 Å². The number of halogens is 4. The third kappa shape index (κ3) is 5.91. The van der Waals surface area contributed by atoms with E-state index in [1.807, 2.05) is 24.1 Å². The van der Waals surface area contributed by atoms with Crippen LogP contribution in [0.2, 0.25) is 5.02 Å². The minimum atomic E-state index is -4.60. The summed E-state index contributed by atoms with van der Waals surface area (Å²) in [6.45, 7) is 1.29. The summed E-state index contributed by atoms with van der Waals surface area (Å²) in [5, 5.41) is 9.31. The maximum absolute atomic E-state index is 13.6. The minimum absolute atomic E-state index is 0.0181. The zero-order chi connectivity index (χ0) is 29.5. The summed E-state index contributed by atoms with van der Waals surface area (Å²) in [6, 6.07) is 14.0. The van der Waals surface area contributed by atoms with Gasteiger partial charge in [0.2, 0.25) is 10.0 Å². The first kappa shape index (κ1) is 28.6. The molecule has 1 aromatic heterocycles. The zero-order valence-corrected chi connectivity index (χ0v) is 23.2. The number of carboxylic acid groups (broad SMARTS) is 1. The van der Waals surface area contributed by atoms with Gasteiger partial charge in [-0.25, -0.2) is 17.2 Å². The smallest absolute Gasteiger partial charge is 0.416 e. The maximum Gasteiger partial charge on any atom is 0.416 e. The van der Waals surface area contributed by atoms with Gasteiger partial charge in [0.25, 0.3) is 0 Å². The Morgan fingerprint density at radius 2 is 1.88 bits per heavy atom. The standard InChI is InChI=1S/C29H24ClF3N2O5S/c1-34-10-11-40-27-9-5-18(15-26(27)34)3-2-12-41(38,39)35-22(13-19-4-7-23(28(36)37)24(30)14-19)17-20-16-21(29(31,32)33)6-8-25(20)35/h2-9,14-17H,10-13H2,1H3,(H,36,37). The van der Waals surface area contributed by atoms with E-state index in [4.69, 9.17) is 16.3 Å². The Hall–Kier alpha value is -3.96. The molecular weight excluding hydrogens is 581 g/mol. The lowest BCUT2D eigenvalue weighted by molar-refractivity contribution is -0.137. The molecule has 0 spiro atoms. The van der Waals surface area contributed by atoms with Crippen LogP contribution >= 0.6 is 11.6 Å². The SMILES string of the molecule is CN1CCOc2ccc(C=CCS(=O)(=O)n3c(Cc4ccc(C(=O)O)c(Cl)c4)cc4cc(C(F)(F)F)ccc43)cc21. The fourth-order valence-corrected chi connectivity index (χ4v) is 6.49. The summed E-state index contributed by atoms with van der Waals surface area (Å²) < 4.78 is 74.2. The largest absolute Gasteiger partial charge is 0.490 e. The molecule has 0 fully saturated rings. The molecule has 12 heteroatoms. The molecule has 3 aromatic carbocycles. The molecule has 1 N–H and O–H groups in total. The van der Waals surface area contributed by atoms with Gasteiger partial charge in [-0.15, -0.1) is 0 Å². The van der Waals surface area contributed by atoms with Crippen molar-refractivity contribution in [1.82, 2.24) is 3.97 Å². The minimum Gasteiger partial charge on any atom is -0.490 e. The first-order valence-corrected chi connectivity index (χ1v) is 14.4. The summed E-state index contributed by atoms with van der Waals surface area (Å²) in [5.74, 6) is -0.906. The molecule has 0 bridgehead atoms. The van der Waals surface area contributed by atoms with Crippen LogP contribution in [0.25, 0.3) is 17.0 Å². The number of aromatic carboxylic acids is 1. The van der Waals surface area contributed by atoms with Crippen molar-refractivity contribution in [1.29, 1.82) is 0 Å². The highest BCUT2D eigenvalue weighted by Crippen LogP contribution is 2.34. The van der Waals surface area contributed by atoms with E-state index in [-0.39, 0.29) is 33.6 Å². The van der Waals surface area contributed by atoms with Gasteiger partial charge in [-0.1, -0.05) is 35.9 Å². The lowest BCUT2D eigenvalue weighted by Gasteiger charge is -2.27. The monoisotopic (exact) mass is 604 g/mol. The molecule has 0 saturated carbocycles. The zero-order valence-electron chi connectivity index (χ0n) is 21.7. The van der Waals surface area contributed by atoms with Crippen LogP contribution in [0.5, 0.6) is 5.75 Å². The highest BCUT2D eigenvalue weighted by molar-refractivity contribution is 7.90. The molecule has 0 atom stereocenters. The lowest BCUT2D eigenvalue weighted by Crippen LogP contribution is -2.28. The van der Waals surface area contributed by atoms with Gasteiger partial charge in [0.05, 0.1) is 39.7 Å². The quantitative estimate of drug-likeness (QED) is 0.265. The van der Waals surface area contributed by atoms with Crippen molar-refractivity contribution in [3.8, 4) is 5.75 Å². The second-order valence-corrected chi connectivity index (χ2v) is 11.9. The van der Waals surface area contributed by atoms with Crippen LogP contribution in [-0.4, -0.2) is 49.4 Å². The van der Waals surface area contributed by atoms with Crippen molar-refractivity contribution in [3.63, 3.8) is 0 Å². The lowest BCUT2D eigenvalue weighted by atomic mass is 10.1. The van der Waals surface area contributed by atoms with Crippen molar-refractivity contribution < 1.29 is 36.2 Å². The van der Waals surface area contributed by atoms with Crippen LogP contribution in [0.15, 0.2) is 66.7 Å². The second-order valence-electron chi connectivity index (χ2n) is 9.65. The number of fused-ring (bicyclic) bond motifs is 2. The summed E-state index contributed by atoms with van der Waals surface area (Å²) in [5.41, 5.74) is 1.42. The number of alkyl halides is 3. The molecule has 4 aromatic rings. The number of rotatable bonds is 7. The predicted octanol–water partition coefficient (Wildman–Crippen LogP) is 6.32. The van der Waals surface area contributed by atoms with Gasteiger partial charge < -0.3 is 14.7 Å². The molecule has 0 aliphatic carbocycles. The van der Waals surface area contributed by atoms with Crippen LogP contribution in [0.1, 0.15) is 32.7 Å². The second kappa shape index (κ2) is 10.8. The topological polar surface area (TPSA) is 88.8 Å². The number of aromatic nitrogens is 1. The molecule has 2 heterocycles. The van der Waals surface area contributed by atoms with E-state index in [0.717, 1.165) is 45.7 Å². The van der Waals surface area contributed by atoms with Gasteiger partial charge in [-0.3, -0.25) is 0 Å². The van der Waals surface area contributed by atoms with Crippen molar-refractivity contribution >= 4 is 50.3 Å². The van der Waals surface area contributed by atoms with Gasteiger partial charge in [0.15, 0.2) is 0 Å². The van der Waals surface area contributed by atoms with E-state index in [2.05, 4.69) is 0 Å². The van der Waals surface area contributed by atoms with Crippen LogP contribution in [-0.2, 0) is 22.6 Å². The van der Waals surface area contributed by atoms with Gasteiger partial charge in [0.1, 0.15) is 12.4 Å².